The maximum Gasteiger partial charge on any atom is 0.354 e. The summed E-state index contributed by atoms with van der Waals surface area (Å²) in [4.78, 5) is 29.2. The highest BCUT2D eigenvalue weighted by atomic mass is 16.5. The number of hydrogen-bond donors (Lipinski definition) is 2. The summed E-state index contributed by atoms with van der Waals surface area (Å²) in [5.41, 5.74) is 13.9. The van der Waals surface area contributed by atoms with E-state index < -0.39 is 11.9 Å². The van der Waals surface area contributed by atoms with Gasteiger partial charge in [-0.3, -0.25) is 0 Å². The third-order valence-corrected chi connectivity index (χ3v) is 7.70. The molecule has 1 aliphatic rings. The zero-order chi connectivity index (χ0) is 29.9. The fraction of sp³-hybridized carbons (Fsp3) is 0.688. The molecule has 8 nitrogen and oxygen atoms in total. The van der Waals surface area contributed by atoms with Crippen molar-refractivity contribution in [1.29, 1.82) is 0 Å². The van der Waals surface area contributed by atoms with Gasteiger partial charge in [0.2, 0.25) is 0 Å². The smallest absolute Gasteiger partial charge is 0.354 e. The summed E-state index contributed by atoms with van der Waals surface area (Å²) < 4.78 is 11.0. The number of rotatable bonds is 18. The van der Waals surface area contributed by atoms with E-state index >= 15 is 0 Å². The standard InChI is InChI=1S/C32H56N4O4/c1-7-11-13-27(9-3)23-39-31(37)29(33)25(5)15-17-35-19-21-36(22-20-35)18-16-26(6)30(34)32(38)40-24-28(10-4)14-12-8-2/h15-18,27-28H,7-14,19-24,33-34H2,1-6H3/b17-15+,18-16+,29-25-,30-26+. The van der Waals surface area contributed by atoms with Gasteiger partial charge < -0.3 is 30.7 Å². The molecule has 2 unspecified atom stereocenters. The zero-order valence-electron chi connectivity index (χ0n) is 26.0. The Kier molecular flexibility index (Phi) is 17.6. The molecular formula is C32H56N4O4. The van der Waals surface area contributed by atoms with E-state index in [9.17, 15) is 9.59 Å². The highest BCUT2D eigenvalue weighted by molar-refractivity contribution is 5.89. The lowest BCUT2D eigenvalue weighted by atomic mass is 10.0. The van der Waals surface area contributed by atoms with E-state index in [-0.39, 0.29) is 11.4 Å². The second-order valence-corrected chi connectivity index (χ2v) is 10.9. The zero-order valence-corrected chi connectivity index (χ0v) is 26.0. The van der Waals surface area contributed by atoms with Crippen LogP contribution in [0.5, 0.6) is 0 Å². The van der Waals surface area contributed by atoms with Gasteiger partial charge in [-0.25, -0.2) is 9.59 Å². The lowest BCUT2D eigenvalue weighted by Gasteiger charge is -2.33. The van der Waals surface area contributed by atoms with Gasteiger partial charge in [-0.05, 0) is 74.2 Å². The summed E-state index contributed by atoms with van der Waals surface area (Å²) in [5, 5.41) is 0. The van der Waals surface area contributed by atoms with E-state index in [0.717, 1.165) is 77.5 Å². The fourth-order valence-electron chi connectivity index (χ4n) is 4.31. The second-order valence-electron chi connectivity index (χ2n) is 10.9. The number of hydrogen-bond acceptors (Lipinski definition) is 8. The summed E-state index contributed by atoms with van der Waals surface area (Å²) in [6, 6.07) is 0. The number of nitrogens with two attached hydrogens (primary N) is 2. The molecule has 228 valence electrons. The van der Waals surface area contributed by atoms with Gasteiger partial charge >= 0.3 is 11.9 Å². The van der Waals surface area contributed by atoms with E-state index in [1.54, 1.807) is 0 Å². The molecule has 0 aromatic carbocycles. The quantitative estimate of drug-likeness (QED) is 0.126. The first kappa shape index (κ1) is 35.1. The highest BCUT2D eigenvalue weighted by Crippen LogP contribution is 2.15. The van der Waals surface area contributed by atoms with Gasteiger partial charge in [0, 0.05) is 26.2 Å². The summed E-state index contributed by atoms with van der Waals surface area (Å²) in [7, 11) is 0. The third kappa shape index (κ3) is 13.4. The third-order valence-electron chi connectivity index (χ3n) is 7.70. The average Bonchev–Trinajstić information content (AvgIpc) is 2.98. The highest BCUT2D eigenvalue weighted by Gasteiger charge is 2.16. The van der Waals surface area contributed by atoms with Crippen molar-refractivity contribution >= 4 is 11.9 Å². The lowest BCUT2D eigenvalue weighted by Crippen LogP contribution is -2.41. The van der Waals surface area contributed by atoms with Crippen LogP contribution < -0.4 is 11.5 Å². The minimum atomic E-state index is -0.444. The Balaban J connectivity index is 2.54. The Morgan fingerprint density at radius 3 is 1.35 bits per heavy atom. The molecular weight excluding hydrogens is 504 g/mol. The molecule has 40 heavy (non-hydrogen) atoms. The monoisotopic (exact) mass is 560 g/mol. The number of carbonyl (C=O) groups is 2. The van der Waals surface area contributed by atoms with Gasteiger partial charge in [0.15, 0.2) is 0 Å². The lowest BCUT2D eigenvalue weighted by molar-refractivity contribution is -0.141. The molecule has 1 rings (SSSR count). The van der Waals surface area contributed by atoms with Gasteiger partial charge in [-0.15, -0.1) is 0 Å². The van der Waals surface area contributed by atoms with Gasteiger partial charge in [-0.2, -0.15) is 0 Å². The van der Waals surface area contributed by atoms with Crippen molar-refractivity contribution in [1.82, 2.24) is 9.80 Å². The van der Waals surface area contributed by atoms with Gasteiger partial charge in [0.05, 0.1) is 13.2 Å². The van der Waals surface area contributed by atoms with E-state index in [4.69, 9.17) is 20.9 Å². The summed E-state index contributed by atoms with van der Waals surface area (Å²) in [6.07, 6.45) is 16.4. The Bertz CT molecular complexity index is 813. The first-order valence-electron chi connectivity index (χ1n) is 15.3. The second kappa shape index (κ2) is 20.0. The number of esters is 2. The molecule has 0 spiro atoms. The summed E-state index contributed by atoms with van der Waals surface area (Å²) in [5.74, 6) is -0.117. The normalized spacial score (nSPS) is 17.1. The minimum Gasteiger partial charge on any atom is -0.461 e. The fourth-order valence-corrected chi connectivity index (χ4v) is 4.31. The summed E-state index contributed by atoms with van der Waals surface area (Å²) >= 11 is 0. The van der Waals surface area contributed by atoms with Crippen LogP contribution in [0.2, 0.25) is 0 Å². The van der Waals surface area contributed by atoms with E-state index in [0.29, 0.717) is 36.2 Å². The van der Waals surface area contributed by atoms with Crippen LogP contribution in [-0.4, -0.2) is 61.1 Å². The number of allylic oxidation sites excluding steroid dienone is 4. The summed E-state index contributed by atoms with van der Waals surface area (Å²) in [6.45, 7) is 16.4. The maximum absolute atomic E-state index is 12.4. The van der Waals surface area contributed by atoms with Crippen molar-refractivity contribution in [2.75, 3.05) is 39.4 Å². The van der Waals surface area contributed by atoms with Crippen LogP contribution in [0, 0.1) is 11.8 Å². The number of piperazine rings is 1. The number of carbonyl (C=O) groups excluding carboxylic acids is 2. The average molecular weight is 561 g/mol. The topological polar surface area (TPSA) is 111 Å². The molecule has 0 bridgehead atoms. The molecule has 0 aromatic heterocycles. The molecule has 0 aliphatic carbocycles. The molecule has 0 saturated carbocycles. The van der Waals surface area contributed by atoms with Crippen LogP contribution in [0.3, 0.4) is 0 Å². The molecule has 4 N–H and O–H groups in total. The number of ether oxygens (including phenoxy) is 2. The van der Waals surface area contributed by atoms with Crippen LogP contribution in [0.25, 0.3) is 0 Å². The molecule has 1 aliphatic heterocycles. The van der Waals surface area contributed by atoms with Crippen LogP contribution in [0.4, 0.5) is 0 Å². The van der Waals surface area contributed by atoms with E-state index in [1.807, 2.05) is 38.4 Å². The molecule has 2 atom stereocenters. The van der Waals surface area contributed by atoms with Crippen LogP contribution in [-0.2, 0) is 19.1 Å². The van der Waals surface area contributed by atoms with Crippen molar-refractivity contribution in [3.63, 3.8) is 0 Å². The molecule has 0 radical (unpaired) electrons. The SMILES string of the molecule is CCCCC(CC)COC(=O)/C(N)=C(C)/C=C/N1CCN(/C=C/C(C)=C(/N)C(=O)OCC(CC)CCCC)CC1. The Morgan fingerprint density at radius 1 is 0.700 bits per heavy atom. The van der Waals surface area contributed by atoms with Crippen molar-refractivity contribution < 1.29 is 19.1 Å². The molecule has 0 aromatic rings. The van der Waals surface area contributed by atoms with Gasteiger partial charge in [-0.1, -0.05) is 66.2 Å². The molecule has 1 saturated heterocycles. The van der Waals surface area contributed by atoms with E-state index in [2.05, 4.69) is 37.5 Å². The van der Waals surface area contributed by atoms with E-state index in [1.165, 1.54) is 0 Å². The minimum absolute atomic E-state index is 0.160. The Morgan fingerprint density at radius 2 is 1.05 bits per heavy atom. The molecule has 8 heteroatoms. The Labute approximate surface area is 243 Å². The van der Waals surface area contributed by atoms with Crippen molar-refractivity contribution in [2.24, 2.45) is 23.3 Å². The first-order valence-corrected chi connectivity index (χ1v) is 15.3. The predicted molar refractivity (Wildman–Crippen MR) is 164 cm³/mol. The van der Waals surface area contributed by atoms with Gasteiger partial charge in [0.1, 0.15) is 11.4 Å². The van der Waals surface area contributed by atoms with Crippen molar-refractivity contribution in [3.8, 4) is 0 Å². The molecule has 1 heterocycles. The van der Waals surface area contributed by atoms with Crippen LogP contribution >= 0.6 is 0 Å². The molecule has 1 fully saturated rings. The number of unbranched alkanes of at least 4 members (excludes halogenated alkanes) is 2. The van der Waals surface area contributed by atoms with Gasteiger partial charge in [0.25, 0.3) is 0 Å². The Hall–Kier alpha value is -2.90. The van der Waals surface area contributed by atoms with Crippen molar-refractivity contribution in [2.45, 2.75) is 92.9 Å². The first-order chi connectivity index (χ1) is 19.2. The van der Waals surface area contributed by atoms with Crippen LogP contribution in [0.1, 0.15) is 92.9 Å². The largest absolute Gasteiger partial charge is 0.461 e. The predicted octanol–water partition coefficient (Wildman–Crippen LogP) is 5.62. The maximum atomic E-state index is 12.4. The number of nitrogens with zero attached hydrogens (tertiary/aromatic N) is 2. The molecule has 0 amide bonds. The van der Waals surface area contributed by atoms with Crippen molar-refractivity contribution in [3.05, 3.63) is 47.1 Å². The van der Waals surface area contributed by atoms with Crippen LogP contribution in [0.15, 0.2) is 47.1 Å².